The smallest absolute Gasteiger partial charge is 0.459 e. The van der Waals surface area contributed by atoms with Crippen molar-refractivity contribution in [3.05, 3.63) is 84.2 Å². The highest BCUT2D eigenvalue weighted by molar-refractivity contribution is 7.52. The van der Waals surface area contributed by atoms with Gasteiger partial charge in [0.05, 0.1) is 20.0 Å². The van der Waals surface area contributed by atoms with Crippen molar-refractivity contribution < 1.29 is 51.6 Å². The molecule has 3 aromatic carbocycles. The van der Waals surface area contributed by atoms with Crippen LogP contribution in [0.1, 0.15) is 25.6 Å². The first-order valence-electron chi connectivity index (χ1n) is 15.2. The van der Waals surface area contributed by atoms with Crippen molar-refractivity contribution in [3.63, 3.8) is 0 Å². The number of benzene rings is 3. The molecule has 1 saturated heterocycles. The average molecular weight is 715 g/mol. The number of methoxy groups -OCH3 is 1. The number of aliphatic hydroxyl groups excluding tert-OH is 1. The van der Waals surface area contributed by atoms with Gasteiger partial charge in [-0.2, -0.15) is 15.1 Å². The SMILES string of the molecule is COc1nc(N)nc2c1ncn2C1O[C@H](COP(=O)(NC(C)C(=O)OCc2ccc(F)cc2F)Oc2cccc3ccccc23)[C@@H](O)[C@@]1(C)O. The molecule has 2 aromatic heterocycles. The van der Waals surface area contributed by atoms with E-state index in [-0.39, 0.29) is 34.3 Å². The molecule has 0 bridgehead atoms. The molecule has 6 atom stereocenters. The van der Waals surface area contributed by atoms with Crippen LogP contribution < -0.4 is 20.1 Å². The minimum Gasteiger partial charge on any atom is -0.479 e. The second-order valence-corrected chi connectivity index (χ2v) is 13.4. The van der Waals surface area contributed by atoms with Crippen molar-refractivity contribution in [2.45, 2.75) is 50.5 Å². The van der Waals surface area contributed by atoms with Gasteiger partial charge in [-0.15, -0.1) is 0 Å². The number of carbonyl (C=O) groups excluding carboxylic acids is 1. The van der Waals surface area contributed by atoms with Crippen molar-refractivity contribution in [2.75, 3.05) is 19.5 Å². The normalized spacial score (nSPS) is 22.3. The molecule has 3 unspecified atom stereocenters. The number of fused-ring (bicyclic) bond motifs is 2. The van der Waals surface area contributed by atoms with E-state index in [0.29, 0.717) is 11.5 Å². The largest absolute Gasteiger partial charge is 0.479 e. The van der Waals surface area contributed by atoms with E-state index in [0.717, 1.165) is 17.5 Å². The zero-order chi connectivity index (χ0) is 35.8. The monoisotopic (exact) mass is 714 g/mol. The van der Waals surface area contributed by atoms with Crippen LogP contribution in [0.25, 0.3) is 21.9 Å². The Hall–Kier alpha value is -4.77. The molecule has 0 aliphatic carbocycles. The van der Waals surface area contributed by atoms with Crippen LogP contribution in [0.4, 0.5) is 14.7 Å². The molecule has 5 aromatic rings. The average Bonchev–Trinajstić information content (AvgIpc) is 3.59. The Morgan fingerprint density at radius 1 is 1.18 bits per heavy atom. The Morgan fingerprint density at radius 2 is 1.94 bits per heavy atom. The number of nitrogens with two attached hydrogens (primary N) is 1. The van der Waals surface area contributed by atoms with Crippen molar-refractivity contribution in [1.29, 1.82) is 0 Å². The summed E-state index contributed by atoms with van der Waals surface area (Å²) in [5.41, 5.74) is 4.16. The Bertz CT molecular complexity index is 2100. The first-order chi connectivity index (χ1) is 23.8. The summed E-state index contributed by atoms with van der Waals surface area (Å²) in [6.07, 6.45) is -2.90. The molecule has 50 heavy (non-hydrogen) atoms. The fourth-order valence-electron chi connectivity index (χ4n) is 5.47. The Labute approximate surface area is 283 Å². The van der Waals surface area contributed by atoms with Gasteiger partial charge in [-0.25, -0.2) is 18.3 Å². The van der Waals surface area contributed by atoms with Crippen LogP contribution in [0.5, 0.6) is 11.6 Å². The third-order valence-electron chi connectivity index (χ3n) is 8.07. The summed E-state index contributed by atoms with van der Waals surface area (Å²) in [7, 11) is -3.17. The fourth-order valence-corrected chi connectivity index (χ4v) is 6.99. The molecular weight excluding hydrogens is 681 g/mol. The van der Waals surface area contributed by atoms with E-state index in [1.165, 1.54) is 31.9 Å². The topological polar surface area (TPSA) is 202 Å². The molecular formula is C32H33F2N6O9P. The van der Waals surface area contributed by atoms with Crippen LogP contribution in [0, 0.1) is 11.6 Å². The zero-order valence-electron chi connectivity index (χ0n) is 26.9. The number of carbonyl (C=O) groups is 1. The summed E-state index contributed by atoms with van der Waals surface area (Å²) in [6.45, 7) is 1.50. The van der Waals surface area contributed by atoms with Gasteiger partial charge in [0.1, 0.15) is 47.8 Å². The van der Waals surface area contributed by atoms with Gasteiger partial charge in [0.15, 0.2) is 17.4 Å². The van der Waals surface area contributed by atoms with Gasteiger partial charge in [0, 0.05) is 17.0 Å². The number of nitrogen functional groups attached to an aromatic ring is 1. The van der Waals surface area contributed by atoms with Crippen LogP contribution in [0.3, 0.4) is 0 Å². The van der Waals surface area contributed by atoms with Crippen LogP contribution in [0.15, 0.2) is 67.0 Å². The molecule has 5 N–H and O–H groups in total. The molecule has 0 saturated carbocycles. The van der Waals surface area contributed by atoms with E-state index in [1.54, 1.807) is 24.3 Å². The molecule has 18 heteroatoms. The number of anilines is 1. The maximum atomic E-state index is 14.4. The predicted octanol–water partition coefficient (Wildman–Crippen LogP) is 3.78. The number of nitrogens with one attached hydrogen (secondary N) is 1. The molecule has 6 rings (SSSR count). The molecule has 264 valence electrons. The third kappa shape index (κ3) is 6.96. The van der Waals surface area contributed by atoms with Crippen molar-refractivity contribution in [2.24, 2.45) is 0 Å². The maximum absolute atomic E-state index is 14.4. The van der Waals surface area contributed by atoms with Crippen LogP contribution >= 0.6 is 7.75 Å². The van der Waals surface area contributed by atoms with Gasteiger partial charge in [0.2, 0.25) is 11.8 Å². The van der Waals surface area contributed by atoms with E-state index in [1.807, 2.05) is 18.2 Å². The van der Waals surface area contributed by atoms with Gasteiger partial charge in [-0.05, 0) is 37.4 Å². The Morgan fingerprint density at radius 3 is 2.70 bits per heavy atom. The molecule has 0 spiro atoms. The van der Waals surface area contributed by atoms with Crippen molar-refractivity contribution >= 4 is 41.6 Å². The molecule has 1 aliphatic heterocycles. The van der Waals surface area contributed by atoms with E-state index in [9.17, 15) is 28.4 Å². The first-order valence-corrected chi connectivity index (χ1v) is 16.7. The first kappa shape index (κ1) is 35.1. The highest BCUT2D eigenvalue weighted by atomic mass is 31.2. The molecule has 0 radical (unpaired) electrons. The Balaban J connectivity index is 1.23. The van der Waals surface area contributed by atoms with Crippen molar-refractivity contribution in [3.8, 4) is 11.6 Å². The van der Waals surface area contributed by atoms with E-state index in [4.69, 9.17) is 29.0 Å². The fraction of sp³-hybridized carbons (Fsp3) is 0.312. The lowest BCUT2D eigenvalue weighted by atomic mass is 9.96. The van der Waals surface area contributed by atoms with Crippen LogP contribution in [-0.2, 0) is 30.0 Å². The minimum atomic E-state index is -4.54. The highest BCUT2D eigenvalue weighted by Gasteiger charge is 2.54. The number of halogens is 2. The number of ether oxygens (including phenoxy) is 3. The predicted molar refractivity (Wildman–Crippen MR) is 174 cm³/mol. The summed E-state index contributed by atoms with van der Waals surface area (Å²) in [5.74, 6) is -2.57. The summed E-state index contributed by atoms with van der Waals surface area (Å²) in [6, 6.07) is 13.6. The quantitative estimate of drug-likeness (QED) is 0.107. The summed E-state index contributed by atoms with van der Waals surface area (Å²) in [5, 5.41) is 26.4. The zero-order valence-corrected chi connectivity index (χ0v) is 27.8. The Kier molecular flexibility index (Phi) is 9.72. The molecule has 0 amide bonds. The van der Waals surface area contributed by atoms with Crippen LogP contribution in [-0.4, -0.2) is 73.3 Å². The number of hydrogen-bond donors (Lipinski definition) is 4. The lowest BCUT2D eigenvalue weighted by molar-refractivity contribution is -0.146. The summed E-state index contributed by atoms with van der Waals surface area (Å²) < 4.78 is 71.3. The lowest BCUT2D eigenvalue weighted by Crippen LogP contribution is -2.44. The standard InChI is InChI=1S/C32H33F2N6O9P/c1-17(29(42)46-14-19-11-12-20(33)13-22(19)34)39-50(44,49-23-10-6-8-18-7-4-5-9-21(18)23)47-15-24-26(41)32(2,43)30(48-24)40-16-36-25-27(40)37-31(35)38-28(25)45-3/h4-13,16-17,24,26,30,41,43H,14-15H2,1-3H3,(H,39,44)(H2,35,37,38)/t17?,24-,26-,30?,32-,50?/m1/s1. The van der Waals surface area contributed by atoms with E-state index >= 15 is 0 Å². The van der Waals surface area contributed by atoms with Gasteiger partial charge in [0.25, 0.3) is 0 Å². The number of imidazole rings is 1. The number of hydrogen-bond acceptors (Lipinski definition) is 13. The molecule has 1 aliphatic rings. The number of aromatic nitrogens is 4. The second kappa shape index (κ2) is 13.9. The molecule has 1 fully saturated rings. The number of esters is 1. The van der Waals surface area contributed by atoms with Gasteiger partial charge in [-0.1, -0.05) is 36.4 Å². The van der Waals surface area contributed by atoms with E-state index in [2.05, 4.69) is 20.0 Å². The second-order valence-electron chi connectivity index (χ2n) is 11.7. The maximum Gasteiger partial charge on any atom is 0.459 e. The minimum absolute atomic E-state index is 0.0781. The number of rotatable bonds is 12. The van der Waals surface area contributed by atoms with Gasteiger partial charge < -0.3 is 34.7 Å². The summed E-state index contributed by atoms with van der Waals surface area (Å²) >= 11 is 0. The van der Waals surface area contributed by atoms with E-state index < -0.39 is 68.6 Å². The van der Waals surface area contributed by atoms with Crippen LogP contribution in [0.2, 0.25) is 0 Å². The molecule has 3 heterocycles. The van der Waals surface area contributed by atoms with Gasteiger partial charge >= 0.3 is 13.7 Å². The number of aliphatic hydroxyl groups is 2. The number of nitrogens with zero attached hydrogens (tertiary/aromatic N) is 4. The summed E-state index contributed by atoms with van der Waals surface area (Å²) in [4.78, 5) is 25.3. The molecule has 15 nitrogen and oxygen atoms in total. The van der Waals surface area contributed by atoms with Gasteiger partial charge in [-0.3, -0.25) is 13.9 Å². The lowest BCUT2D eigenvalue weighted by Gasteiger charge is -2.27. The van der Waals surface area contributed by atoms with Crippen molar-refractivity contribution in [1.82, 2.24) is 24.6 Å². The third-order valence-corrected chi connectivity index (χ3v) is 9.70. The highest BCUT2D eigenvalue weighted by Crippen LogP contribution is 2.48.